The summed E-state index contributed by atoms with van der Waals surface area (Å²) in [4.78, 5) is 26.2. The zero-order valence-corrected chi connectivity index (χ0v) is 11.4. The summed E-state index contributed by atoms with van der Waals surface area (Å²) >= 11 is 1.26. The number of aromatic nitrogens is 1. The molecule has 20 heavy (non-hydrogen) atoms. The van der Waals surface area contributed by atoms with Gasteiger partial charge in [-0.05, 0) is 13.0 Å². The number of nitrogen functional groups attached to an aromatic ring is 1. The number of nitrogens with two attached hydrogens (primary N) is 1. The third-order valence-electron chi connectivity index (χ3n) is 2.69. The van der Waals surface area contributed by atoms with Gasteiger partial charge >= 0.3 is 0 Å². The second kappa shape index (κ2) is 5.66. The molecule has 104 valence electrons. The molecule has 1 amide bonds. The van der Waals surface area contributed by atoms with Crippen LogP contribution < -0.4 is 11.1 Å². The second-order valence-electron chi connectivity index (χ2n) is 4.11. The Hall–Kier alpha value is -2.48. The van der Waals surface area contributed by atoms with Crippen molar-refractivity contribution in [1.82, 2.24) is 4.98 Å². The van der Waals surface area contributed by atoms with Gasteiger partial charge in [0.15, 0.2) is 5.13 Å². The van der Waals surface area contributed by atoms with Crippen LogP contribution >= 0.6 is 11.3 Å². The van der Waals surface area contributed by atoms with Gasteiger partial charge in [0.25, 0.3) is 5.69 Å². The van der Waals surface area contributed by atoms with Crippen LogP contribution in [0.2, 0.25) is 0 Å². The molecule has 2 aromatic rings. The van der Waals surface area contributed by atoms with E-state index in [1.165, 1.54) is 23.5 Å². The molecule has 1 aromatic carbocycles. The number of hydrogen-bond donors (Lipinski definition) is 2. The van der Waals surface area contributed by atoms with Crippen LogP contribution in [0, 0.1) is 17.0 Å². The highest BCUT2D eigenvalue weighted by molar-refractivity contribution is 7.13. The van der Waals surface area contributed by atoms with Gasteiger partial charge in [0.05, 0.1) is 28.3 Å². The lowest BCUT2D eigenvalue weighted by Gasteiger charge is -2.07. The maximum atomic E-state index is 11.9. The molecule has 8 heteroatoms. The van der Waals surface area contributed by atoms with Crippen molar-refractivity contribution >= 4 is 33.8 Å². The highest BCUT2D eigenvalue weighted by atomic mass is 32.1. The van der Waals surface area contributed by atoms with Gasteiger partial charge < -0.3 is 11.1 Å². The average molecular weight is 292 g/mol. The van der Waals surface area contributed by atoms with Crippen LogP contribution in [0.15, 0.2) is 23.6 Å². The van der Waals surface area contributed by atoms with Gasteiger partial charge in [-0.15, -0.1) is 11.3 Å². The van der Waals surface area contributed by atoms with E-state index in [1.54, 1.807) is 18.4 Å². The van der Waals surface area contributed by atoms with Crippen molar-refractivity contribution in [3.8, 4) is 0 Å². The van der Waals surface area contributed by atoms with E-state index in [-0.39, 0.29) is 18.0 Å². The van der Waals surface area contributed by atoms with Gasteiger partial charge in [-0.3, -0.25) is 14.9 Å². The van der Waals surface area contributed by atoms with E-state index in [9.17, 15) is 14.9 Å². The van der Waals surface area contributed by atoms with Crippen LogP contribution in [0.1, 0.15) is 11.3 Å². The van der Waals surface area contributed by atoms with Crippen LogP contribution in [0.5, 0.6) is 0 Å². The molecular weight excluding hydrogens is 280 g/mol. The fourth-order valence-corrected chi connectivity index (χ4v) is 2.28. The average Bonchev–Trinajstić information content (AvgIpc) is 2.77. The van der Waals surface area contributed by atoms with E-state index in [4.69, 9.17) is 5.73 Å². The molecule has 1 heterocycles. The minimum atomic E-state index is -0.480. The largest absolute Gasteiger partial charge is 0.375 e. The summed E-state index contributed by atoms with van der Waals surface area (Å²) in [5.41, 5.74) is 6.88. The first kappa shape index (κ1) is 13.9. The van der Waals surface area contributed by atoms with Crippen molar-refractivity contribution in [2.75, 3.05) is 11.1 Å². The summed E-state index contributed by atoms with van der Waals surface area (Å²) in [5.74, 6) is -0.293. The molecule has 1 aromatic heterocycles. The number of carbonyl (C=O) groups excluding carboxylic acids is 1. The van der Waals surface area contributed by atoms with E-state index in [2.05, 4.69) is 10.3 Å². The number of nitrogens with zero attached hydrogens (tertiary/aromatic N) is 2. The number of nitro groups is 1. The van der Waals surface area contributed by atoms with Gasteiger partial charge in [-0.25, -0.2) is 4.98 Å². The van der Waals surface area contributed by atoms with Crippen LogP contribution in [0.4, 0.5) is 16.5 Å². The lowest BCUT2D eigenvalue weighted by atomic mass is 10.1. The number of amides is 1. The summed E-state index contributed by atoms with van der Waals surface area (Å²) in [6, 6.07) is 4.54. The predicted octanol–water partition coefficient (Wildman–Crippen LogP) is 2.12. The Bertz CT molecular complexity index is 668. The standard InChI is InChI=1S/C12H12N4O3S/c1-7-9(3-2-4-10(7)16(18)19)15-11(17)5-8-6-20-12(13)14-8/h2-4,6H,5H2,1H3,(H2,13,14)(H,15,17). The molecule has 0 bridgehead atoms. The maximum absolute atomic E-state index is 11.9. The number of thiazole rings is 1. The minimum Gasteiger partial charge on any atom is -0.375 e. The molecular formula is C12H12N4O3S. The van der Waals surface area contributed by atoms with Crippen molar-refractivity contribution in [1.29, 1.82) is 0 Å². The number of hydrogen-bond acceptors (Lipinski definition) is 6. The Balaban J connectivity index is 2.12. The Labute approximate surface area is 118 Å². The summed E-state index contributed by atoms with van der Waals surface area (Å²) in [6.45, 7) is 1.59. The molecule has 0 aliphatic heterocycles. The van der Waals surface area contributed by atoms with E-state index < -0.39 is 4.92 Å². The number of carbonyl (C=O) groups is 1. The van der Waals surface area contributed by atoms with Crippen LogP contribution in [-0.2, 0) is 11.2 Å². The molecule has 0 saturated heterocycles. The fraction of sp³-hybridized carbons (Fsp3) is 0.167. The SMILES string of the molecule is Cc1c(NC(=O)Cc2csc(N)n2)cccc1[N+](=O)[O-]. The van der Waals surface area contributed by atoms with Crippen LogP contribution in [0.3, 0.4) is 0 Å². The molecule has 2 rings (SSSR count). The first-order valence-electron chi connectivity index (χ1n) is 5.71. The Kier molecular flexibility index (Phi) is 3.94. The Morgan fingerprint density at radius 1 is 1.55 bits per heavy atom. The number of rotatable bonds is 4. The van der Waals surface area contributed by atoms with Gasteiger partial charge in [0.1, 0.15) is 0 Å². The Morgan fingerprint density at radius 2 is 2.30 bits per heavy atom. The Morgan fingerprint density at radius 3 is 2.90 bits per heavy atom. The number of benzene rings is 1. The maximum Gasteiger partial charge on any atom is 0.274 e. The molecule has 0 unspecified atom stereocenters. The predicted molar refractivity (Wildman–Crippen MR) is 76.7 cm³/mol. The lowest BCUT2D eigenvalue weighted by molar-refractivity contribution is -0.385. The third kappa shape index (κ3) is 3.09. The third-order valence-corrected chi connectivity index (χ3v) is 3.41. The number of anilines is 2. The number of nitro benzene ring substituents is 1. The topological polar surface area (TPSA) is 111 Å². The zero-order chi connectivity index (χ0) is 14.7. The fourth-order valence-electron chi connectivity index (χ4n) is 1.72. The van der Waals surface area contributed by atoms with Crippen molar-refractivity contribution in [2.24, 2.45) is 0 Å². The molecule has 0 spiro atoms. The van der Waals surface area contributed by atoms with Gasteiger partial charge in [-0.2, -0.15) is 0 Å². The van der Waals surface area contributed by atoms with Crippen molar-refractivity contribution in [3.05, 3.63) is 45.0 Å². The summed E-state index contributed by atoms with van der Waals surface area (Å²) in [6.07, 6.45) is 0.0792. The normalized spacial score (nSPS) is 10.2. The van der Waals surface area contributed by atoms with Gasteiger partial charge in [-0.1, -0.05) is 6.07 Å². The van der Waals surface area contributed by atoms with Crippen LogP contribution in [-0.4, -0.2) is 15.8 Å². The first-order chi connectivity index (χ1) is 9.47. The van der Waals surface area contributed by atoms with Crippen molar-refractivity contribution < 1.29 is 9.72 Å². The molecule has 0 fully saturated rings. The lowest BCUT2D eigenvalue weighted by Crippen LogP contribution is -2.15. The first-order valence-corrected chi connectivity index (χ1v) is 6.59. The molecule has 0 atom stereocenters. The minimum absolute atomic E-state index is 0.0271. The molecule has 0 aliphatic rings. The number of nitrogens with one attached hydrogen (secondary N) is 1. The van der Waals surface area contributed by atoms with Crippen LogP contribution in [0.25, 0.3) is 0 Å². The van der Waals surface area contributed by atoms with E-state index in [1.807, 2.05) is 0 Å². The molecule has 0 aliphatic carbocycles. The summed E-state index contributed by atoms with van der Waals surface area (Å²) in [5, 5.41) is 15.6. The molecule has 7 nitrogen and oxygen atoms in total. The highest BCUT2D eigenvalue weighted by Crippen LogP contribution is 2.25. The highest BCUT2D eigenvalue weighted by Gasteiger charge is 2.15. The van der Waals surface area contributed by atoms with Crippen molar-refractivity contribution in [2.45, 2.75) is 13.3 Å². The monoisotopic (exact) mass is 292 g/mol. The molecule has 0 saturated carbocycles. The second-order valence-corrected chi connectivity index (χ2v) is 5.00. The van der Waals surface area contributed by atoms with E-state index >= 15 is 0 Å². The van der Waals surface area contributed by atoms with Crippen molar-refractivity contribution in [3.63, 3.8) is 0 Å². The van der Waals surface area contributed by atoms with E-state index in [0.717, 1.165) is 0 Å². The zero-order valence-electron chi connectivity index (χ0n) is 10.6. The molecule has 3 N–H and O–H groups in total. The smallest absolute Gasteiger partial charge is 0.274 e. The van der Waals surface area contributed by atoms with Gasteiger partial charge in [0.2, 0.25) is 5.91 Å². The molecule has 0 radical (unpaired) electrons. The quantitative estimate of drug-likeness (QED) is 0.662. The summed E-state index contributed by atoms with van der Waals surface area (Å²) in [7, 11) is 0. The summed E-state index contributed by atoms with van der Waals surface area (Å²) < 4.78 is 0. The van der Waals surface area contributed by atoms with Gasteiger partial charge in [0, 0.05) is 11.4 Å². The van der Waals surface area contributed by atoms with E-state index in [0.29, 0.717) is 22.1 Å².